The smallest absolute Gasteiger partial charge is 0.146 e. The normalized spacial score (nSPS) is 21.4. The first-order valence-electron chi connectivity index (χ1n) is 7.78. The minimum Gasteiger partial charge on any atom is -0.382 e. The highest BCUT2D eigenvalue weighted by Crippen LogP contribution is 2.33. The van der Waals surface area contributed by atoms with Crippen LogP contribution in [-0.2, 0) is 5.60 Å². The number of aromatic nitrogens is 4. The lowest BCUT2D eigenvalue weighted by atomic mass is 9.90. The van der Waals surface area contributed by atoms with E-state index in [1.807, 2.05) is 18.7 Å². The summed E-state index contributed by atoms with van der Waals surface area (Å²) < 4.78 is 1.74. The van der Waals surface area contributed by atoms with Crippen LogP contribution in [0.5, 0.6) is 0 Å². The van der Waals surface area contributed by atoms with E-state index in [2.05, 4.69) is 21.4 Å². The number of aliphatic hydroxyl groups is 1. The van der Waals surface area contributed by atoms with Gasteiger partial charge in [0.15, 0.2) is 0 Å². The highest BCUT2D eigenvalue weighted by molar-refractivity contribution is 5.54. The van der Waals surface area contributed by atoms with E-state index in [-0.39, 0.29) is 6.04 Å². The molecular formula is C16H20N6O. The summed E-state index contributed by atoms with van der Waals surface area (Å²) in [6.07, 6.45) is 4.89. The van der Waals surface area contributed by atoms with Crippen molar-refractivity contribution in [2.24, 2.45) is 0 Å². The van der Waals surface area contributed by atoms with Gasteiger partial charge in [-0.1, -0.05) is 5.21 Å². The lowest BCUT2D eigenvalue weighted by molar-refractivity contribution is 0.0174. The van der Waals surface area contributed by atoms with Crippen LogP contribution in [0.25, 0.3) is 0 Å². The molecule has 1 atom stereocenters. The summed E-state index contributed by atoms with van der Waals surface area (Å²) in [7, 11) is 0. The van der Waals surface area contributed by atoms with E-state index in [9.17, 15) is 10.4 Å². The largest absolute Gasteiger partial charge is 0.382 e. The maximum absolute atomic E-state index is 11.1. The maximum atomic E-state index is 11.1. The van der Waals surface area contributed by atoms with Gasteiger partial charge in [0.05, 0.1) is 18.3 Å². The standard InChI is InChI=1S/C16H20N6O/c1-12(2)22-10-14(19-20-22)16(23)6-4-8-21(11-16)15-13(9-17)5-3-7-18-15/h3,5,7,10,12,23H,4,6,8,11H2,1-2H3/t16-/m0/s1. The molecule has 3 heterocycles. The second kappa shape index (κ2) is 5.97. The number of β-amino-alcohol motifs (C(OH)–C–C–N with tert-alkyl or cyclic N) is 1. The number of hydrogen-bond acceptors (Lipinski definition) is 6. The predicted octanol–water partition coefficient (Wildman–Crippen LogP) is 1.61. The zero-order chi connectivity index (χ0) is 16.4. The van der Waals surface area contributed by atoms with Gasteiger partial charge >= 0.3 is 0 Å². The van der Waals surface area contributed by atoms with Crippen LogP contribution in [0.4, 0.5) is 5.82 Å². The van der Waals surface area contributed by atoms with Crippen molar-refractivity contribution in [3.05, 3.63) is 35.8 Å². The topological polar surface area (TPSA) is 90.9 Å². The van der Waals surface area contributed by atoms with E-state index in [0.717, 1.165) is 13.0 Å². The molecule has 0 saturated carbocycles. The molecule has 1 aliphatic heterocycles. The fourth-order valence-corrected chi connectivity index (χ4v) is 2.90. The summed E-state index contributed by atoms with van der Waals surface area (Å²) in [5.74, 6) is 0.615. The summed E-state index contributed by atoms with van der Waals surface area (Å²) >= 11 is 0. The molecule has 0 bridgehead atoms. The Kier molecular flexibility index (Phi) is 4.01. The van der Waals surface area contributed by atoms with Gasteiger partial charge in [0.1, 0.15) is 23.2 Å². The Bertz CT molecular complexity index is 734. The SMILES string of the molecule is CC(C)n1cc([C@]2(O)CCCN(c3ncccc3C#N)C2)nn1. The summed E-state index contributed by atoms with van der Waals surface area (Å²) in [6, 6.07) is 5.84. The lowest BCUT2D eigenvalue weighted by Crippen LogP contribution is -2.47. The fraction of sp³-hybridized carbons (Fsp3) is 0.500. The molecule has 0 unspecified atom stereocenters. The predicted molar refractivity (Wildman–Crippen MR) is 84.7 cm³/mol. The Balaban J connectivity index is 1.89. The number of pyridine rings is 1. The Morgan fingerprint density at radius 1 is 1.43 bits per heavy atom. The van der Waals surface area contributed by atoms with E-state index in [4.69, 9.17) is 0 Å². The van der Waals surface area contributed by atoms with Crippen molar-refractivity contribution in [2.45, 2.75) is 38.3 Å². The number of rotatable bonds is 3. The number of anilines is 1. The molecule has 0 aliphatic carbocycles. The summed E-state index contributed by atoms with van der Waals surface area (Å²) in [5.41, 5.74) is 0.0169. The molecule has 2 aromatic heterocycles. The molecule has 7 heteroatoms. The van der Waals surface area contributed by atoms with Crippen LogP contribution in [0.2, 0.25) is 0 Å². The molecule has 0 amide bonds. The third kappa shape index (κ3) is 2.90. The van der Waals surface area contributed by atoms with Gasteiger partial charge in [0.25, 0.3) is 0 Å². The van der Waals surface area contributed by atoms with Gasteiger partial charge in [-0.2, -0.15) is 5.26 Å². The van der Waals surface area contributed by atoms with Gasteiger partial charge in [-0.3, -0.25) is 0 Å². The molecule has 3 rings (SSSR count). The minimum absolute atomic E-state index is 0.195. The second-order valence-electron chi connectivity index (χ2n) is 6.22. The Hall–Kier alpha value is -2.46. The van der Waals surface area contributed by atoms with Crippen LogP contribution in [0.15, 0.2) is 24.5 Å². The molecule has 1 fully saturated rings. The fourth-order valence-electron chi connectivity index (χ4n) is 2.90. The van der Waals surface area contributed by atoms with Gasteiger partial charge < -0.3 is 10.0 Å². The highest BCUT2D eigenvalue weighted by Gasteiger charge is 2.38. The molecule has 23 heavy (non-hydrogen) atoms. The molecule has 0 spiro atoms. The van der Waals surface area contributed by atoms with Crippen molar-refractivity contribution in [2.75, 3.05) is 18.0 Å². The van der Waals surface area contributed by atoms with Crippen LogP contribution in [0.3, 0.4) is 0 Å². The molecule has 2 aromatic rings. The Labute approximate surface area is 135 Å². The van der Waals surface area contributed by atoms with Crippen molar-refractivity contribution >= 4 is 5.82 Å². The van der Waals surface area contributed by atoms with Gasteiger partial charge in [-0.05, 0) is 38.8 Å². The summed E-state index contributed by atoms with van der Waals surface area (Å²) in [5, 5.41) is 28.6. The molecule has 1 aliphatic rings. The zero-order valence-corrected chi connectivity index (χ0v) is 13.3. The lowest BCUT2D eigenvalue weighted by Gasteiger charge is -2.38. The van der Waals surface area contributed by atoms with E-state index < -0.39 is 5.60 Å². The van der Waals surface area contributed by atoms with E-state index in [1.54, 1.807) is 29.2 Å². The zero-order valence-electron chi connectivity index (χ0n) is 13.3. The number of nitrogens with zero attached hydrogens (tertiary/aromatic N) is 6. The highest BCUT2D eigenvalue weighted by atomic mass is 16.3. The molecular weight excluding hydrogens is 292 g/mol. The van der Waals surface area contributed by atoms with Crippen LogP contribution >= 0.6 is 0 Å². The average Bonchev–Trinajstić information content (AvgIpc) is 3.06. The minimum atomic E-state index is -1.07. The van der Waals surface area contributed by atoms with Crippen molar-refractivity contribution < 1.29 is 5.11 Å². The quantitative estimate of drug-likeness (QED) is 0.926. The molecule has 1 N–H and O–H groups in total. The van der Waals surface area contributed by atoms with Gasteiger partial charge in [0.2, 0.25) is 0 Å². The maximum Gasteiger partial charge on any atom is 0.146 e. The first-order valence-corrected chi connectivity index (χ1v) is 7.78. The van der Waals surface area contributed by atoms with E-state index >= 15 is 0 Å². The number of piperidine rings is 1. The molecule has 1 saturated heterocycles. The molecule has 0 radical (unpaired) electrons. The van der Waals surface area contributed by atoms with Crippen LogP contribution in [0, 0.1) is 11.3 Å². The van der Waals surface area contributed by atoms with Gasteiger partial charge in [-0.25, -0.2) is 9.67 Å². The third-order valence-corrected chi connectivity index (χ3v) is 4.19. The van der Waals surface area contributed by atoms with Crippen molar-refractivity contribution in [3.63, 3.8) is 0 Å². The first-order chi connectivity index (χ1) is 11.0. The second-order valence-corrected chi connectivity index (χ2v) is 6.22. The molecule has 0 aromatic carbocycles. The van der Waals surface area contributed by atoms with Crippen LogP contribution in [0.1, 0.15) is 44.0 Å². The molecule has 7 nitrogen and oxygen atoms in total. The summed E-state index contributed by atoms with van der Waals surface area (Å²) in [4.78, 5) is 6.27. The monoisotopic (exact) mass is 312 g/mol. The van der Waals surface area contributed by atoms with Crippen molar-refractivity contribution in [3.8, 4) is 6.07 Å². The Morgan fingerprint density at radius 2 is 2.26 bits per heavy atom. The average molecular weight is 312 g/mol. The summed E-state index contributed by atoms with van der Waals surface area (Å²) in [6.45, 7) is 5.15. The van der Waals surface area contributed by atoms with Crippen molar-refractivity contribution in [1.29, 1.82) is 5.26 Å². The first kappa shape index (κ1) is 15.4. The Morgan fingerprint density at radius 3 is 2.96 bits per heavy atom. The van der Waals surface area contributed by atoms with Crippen molar-refractivity contribution in [1.82, 2.24) is 20.0 Å². The molecule has 120 valence electrons. The van der Waals surface area contributed by atoms with Gasteiger partial charge in [-0.15, -0.1) is 5.10 Å². The third-order valence-electron chi connectivity index (χ3n) is 4.19. The van der Waals surface area contributed by atoms with Gasteiger partial charge in [0, 0.05) is 18.8 Å². The number of hydrogen-bond donors (Lipinski definition) is 1. The van der Waals surface area contributed by atoms with E-state index in [1.165, 1.54) is 0 Å². The van der Waals surface area contributed by atoms with E-state index in [0.29, 0.717) is 30.0 Å². The van der Waals surface area contributed by atoms with Crippen LogP contribution < -0.4 is 4.90 Å². The number of nitriles is 1. The van der Waals surface area contributed by atoms with Crippen LogP contribution in [-0.4, -0.2) is 38.2 Å².